The van der Waals surface area contributed by atoms with Gasteiger partial charge in [-0.2, -0.15) is 0 Å². The largest absolute Gasteiger partial charge is 0.458 e. The first-order chi connectivity index (χ1) is 11.9. The van der Waals surface area contributed by atoms with Gasteiger partial charge in [-0.1, -0.05) is 23.2 Å². The highest BCUT2D eigenvalue weighted by Gasteiger charge is 2.24. The van der Waals surface area contributed by atoms with Gasteiger partial charge in [0, 0.05) is 35.3 Å². The van der Waals surface area contributed by atoms with E-state index < -0.39 is 17.3 Å². The lowest BCUT2D eigenvalue weighted by molar-refractivity contribution is -0.136. The molecule has 0 spiro atoms. The Morgan fingerprint density at radius 3 is 2.64 bits per heavy atom. The molecule has 1 aromatic heterocycles. The maximum Gasteiger partial charge on any atom is 0.334 e. The molecule has 0 saturated heterocycles. The number of nitrogens with zero attached hydrogens (tertiary/aromatic N) is 1. The van der Waals surface area contributed by atoms with Gasteiger partial charge in [0.25, 0.3) is 5.56 Å². The van der Waals surface area contributed by atoms with Crippen LogP contribution >= 0.6 is 23.2 Å². The highest BCUT2D eigenvalue weighted by Crippen LogP contribution is 2.32. The Balaban J connectivity index is 2.01. The van der Waals surface area contributed by atoms with Crippen LogP contribution in [0.2, 0.25) is 10.0 Å². The second-order valence-electron chi connectivity index (χ2n) is 5.46. The third-order valence-corrected chi connectivity index (χ3v) is 4.79. The van der Waals surface area contributed by atoms with E-state index >= 15 is 0 Å². The number of benzene rings is 1. The van der Waals surface area contributed by atoms with E-state index in [-0.39, 0.29) is 29.2 Å². The molecule has 2 heterocycles. The highest BCUT2D eigenvalue weighted by atomic mass is 35.5. The first-order valence-corrected chi connectivity index (χ1v) is 8.35. The number of esters is 1. The van der Waals surface area contributed by atoms with Crippen molar-refractivity contribution < 1.29 is 14.3 Å². The number of halogens is 2. The van der Waals surface area contributed by atoms with Gasteiger partial charge >= 0.3 is 5.97 Å². The Bertz CT molecular complexity index is 956. The molecule has 0 aliphatic carbocycles. The molecule has 0 atom stereocenters. The lowest BCUT2D eigenvalue weighted by Gasteiger charge is -2.10. The first kappa shape index (κ1) is 17.5. The molecule has 1 aliphatic rings. The number of aromatic amines is 1. The van der Waals surface area contributed by atoms with Crippen molar-refractivity contribution in [3.8, 4) is 0 Å². The third kappa shape index (κ3) is 3.15. The van der Waals surface area contributed by atoms with Crippen LogP contribution in [0.25, 0.3) is 0 Å². The van der Waals surface area contributed by atoms with Crippen molar-refractivity contribution in [3.63, 3.8) is 0 Å². The Hall–Kier alpha value is -2.31. The highest BCUT2D eigenvalue weighted by molar-refractivity contribution is 6.39. The Morgan fingerprint density at radius 1 is 1.28 bits per heavy atom. The smallest absolute Gasteiger partial charge is 0.334 e. The standard InChI is InChI=1S/C17H14Cl2N2O4/c1-2-21-16(23)12(8-20-21)15(22)10-3-4-13(18)11(14(10)19)7-9-5-6-25-17(9)24/h3-5,8,20H,2,6-7H2,1H3. The van der Waals surface area contributed by atoms with Gasteiger partial charge < -0.3 is 9.84 Å². The molecule has 0 unspecified atom stereocenters. The maximum atomic E-state index is 12.7. The van der Waals surface area contributed by atoms with Crippen molar-refractivity contribution in [3.05, 3.63) is 67.1 Å². The van der Waals surface area contributed by atoms with Crippen molar-refractivity contribution in [2.24, 2.45) is 0 Å². The second-order valence-corrected chi connectivity index (χ2v) is 6.24. The molecule has 3 rings (SSSR count). The molecule has 0 bridgehead atoms. The summed E-state index contributed by atoms with van der Waals surface area (Å²) in [5, 5.41) is 3.19. The van der Waals surface area contributed by atoms with E-state index in [9.17, 15) is 14.4 Å². The molecule has 0 fully saturated rings. The monoisotopic (exact) mass is 380 g/mol. The van der Waals surface area contributed by atoms with Gasteiger partial charge in [0.1, 0.15) is 12.2 Å². The predicted octanol–water partition coefficient (Wildman–Crippen LogP) is 2.76. The number of hydrogen-bond acceptors (Lipinski definition) is 4. The SMILES string of the molecule is CCn1[nH]cc(C(=O)c2ccc(Cl)c(CC3=CCOC3=O)c2Cl)c1=O. The van der Waals surface area contributed by atoms with E-state index in [0.29, 0.717) is 22.7 Å². The van der Waals surface area contributed by atoms with Gasteiger partial charge in [-0.05, 0) is 30.7 Å². The van der Waals surface area contributed by atoms with E-state index in [2.05, 4.69) is 5.10 Å². The summed E-state index contributed by atoms with van der Waals surface area (Å²) in [6, 6.07) is 3.00. The van der Waals surface area contributed by atoms with Crippen LogP contribution in [0.4, 0.5) is 0 Å². The molecule has 130 valence electrons. The number of carbonyl (C=O) groups is 2. The minimum Gasteiger partial charge on any atom is -0.458 e. The van der Waals surface area contributed by atoms with Gasteiger partial charge in [-0.25, -0.2) is 4.79 Å². The molecule has 6 nitrogen and oxygen atoms in total. The van der Waals surface area contributed by atoms with Crippen LogP contribution in [0.15, 0.2) is 34.8 Å². The molecule has 0 saturated carbocycles. The molecule has 8 heteroatoms. The lowest BCUT2D eigenvalue weighted by atomic mass is 9.99. The summed E-state index contributed by atoms with van der Waals surface area (Å²) in [5.74, 6) is -0.931. The average Bonchev–Trinajstić information content (AvgIpc) is 3.16. The normalized spacial score (nSPS) is 13.7. The minimum atomic E-state index is -0.501. The van der Waals surface area contributed by atoms with Crippen molar-refractivity contribution >= 4 is 35.0 Å². The third-order valence-electron chi connectivity index (χ3n) is 4.01. The number of ketones is 1. The zero-order chi connectivity index (χ0) is 18.1. The number of carbonyl (C=O) groups excluding carboxylic acids is 2. The summed E-state index contributed by atoms with van der Waals surface area (Å²) in [6.07, 6.45) is 3.16. The van der Waals surface area contributed by atoms with E-state index in [0.717, 1.165) is 0 Å². The van der Waals surface area contributed by atoms with Crippen LogP contribution in [-0.2, 0) is 22.5 Å². The van der Waals surface area contributed by atoms with E-state index in [1.54, 1.807) is 13.0 Å². The van der Waals surface area contributed by atoms with Crippen LogP contribution < -0.4 is 5.56 Å². The maximum absolute atomic E-state index is 12.7. The van der Waals surface area contributed by atoms with Crippen LogP contribution in [0.1, 0.15) is 28.4 Å². The molecular weight excluding hydrogens is 367 g/mol. The first-order valence-electron chi connectivity index (χ1n) is 7.60. The average molecular weight is 381 g/mol. The number of ether oxygens (including phenoxy) is 1. The van der Waals surface area contributed by atoms with Crippen LogP contribution in [0, 0.1) is 0 Å². The van der Waals surface area contributed by atoms with Crippen LogP contribution in [-0.4, -0.2) is 28.1 Å². The van der Waals surface area contributed by atoms with Gasteiger partial charge in [0.15, 0.2) is 0 Å². The van der Waals surface area contributed by atoms with E-state index in [1.807, 2.05) is 0 Å². The number of rotatable bonds is 5. The molecule has 2 aromatic rings. The quantitative estimate of drug-likeness (QED) is 0.638. The molecule has 1 aliphatic heterocycles. The topological polar surface area (TPSA) is 81.2 Å². The summed E-state index contributed by atoms with van der Waals surface area (Å²) in [4.78, 5) is 36.5. The number of nitrogens with one attached hydrogen (secondary N) is 1. The molecule has 0 amide bonds. The van der Waals surface area contributed by atoms with Gasteiger partial charge in [0.2, 0.25) is 5.78 Å². The zero-order valence-corrected chi connectivity index (χ0v) is 14.8. The fraction of sp³-hybridized carbons (Fsp3) is 0.235. The van der Waals surface area contributed by atoms with E-state index in [1.165, 1.54) is 23.0 Å². The van der Waals surface area contributed by atoms with Gasteiger partial charge in [-0.15, -0.1) is 0 Å². The van der Waals surface area contributed by atoms with Gasteiger partial charge in [-0.3, -0.25) is 14.3 Å². The predicted molar refractivity (Wildman–Crippen MR) is 93.4 cm³/mol. The summed E-state index contributed by atoms with van der Waals surface area (Å²) in [5.41, 5.74) is 0.625. The lowest BCUT2D eigenvalue weighted by Crippen LogP contribution is -2.21. The summed E-state index contributed by atoms with van der Waals surface area (Å²) in [7, 11) is 0. The van der Waals surface area contributed by atoms with Crippen molar-refractivity contribution in [1.29, 1.82) is 0 Å². The summed E-state index contributed by atoms with van der Waals surface area (Å²) >= 11 is 12.6. The zero-order valence-electron chi connectivity index (χ0n) is 13.3. The van der Waals surface area contributed by atoms with Crippen LogP contribution in [0.5, 0.6) is 0 Å². The Kier molecular flexibility index (Phi) is 4.83. The molecule has 0 radical (unpaired) electrons. The summed E-state index contributed by atoms with van der Waals surface area (Å²) < 4.78 is 6.18. The number of cyclic esters (lactones) is 1. The number of H-pyrrole nitrogens is 1. The van der Waals surface area contributed by atoms with Gasteiger partial charge in [0.05, 0.1) is 5.02 Å². The fourth-order valence-corrected chi connectivity index (χ4v) is 3.20. The molecule has 1 N–H and O–H groups in total. The van der Waals surface area contributed by atoms with Crippen LogP contribution in [0.3, 0.4) is 0 Å². The fourth-order valence-electron chi connectivity index (χ4n) is 2.61. The summed E-state index contributed by atoms with van der Waals surface area (Å²) in [6.45, 7) is 2.41. The van der Waals surface area contributed by atoms with Crippen molar-refractivity contribution in [1.82, 2.24) is 9.78 Å². The number of aromatic nitrogens is 2. The second kappa shape index (κ2) is 6.90. The molecular formula is C17H14Cl2N2O4. The Labute approximate surface area is 153 Å². The van der Waals surface area contributed by atoms with Crippen molar-refractivity contribution in [2.75, 3.05) is 6.61 Å². The molecule has 25 heavy (non-hydrogen) atoms. The van der Waals surface area contributed by atoms with E-state index in [4.69, 9.17) is 27.9 Å². The number of aryl methyl sites for hydroxylation is 1. The minimum absolute atomic E-state index is 0.00323. The Morgan fingerprint density at radius 2 is 2.04 bits per heavy atom. The van der Waals surface area contributed by atoms with Crippen molar-refractivity contribution in [2.45, 2.75) is 19.9 Å². The molecule has 1 aromatic carbocycles. The number of hydrogen-bond donors (Lipinski definition) is 1.